The van der Waals surface area contributed by atoms with Gasteiger partial charge in [-0.05, 0) is 30.3 Å². The van der Waals surface area contributed by atoms with Crippen LogP contribution in [0.5, 0.6) is 0 Å². The van der Waals surface area contributed by atoms with Crippen molar-refractivity contribution in [3.05, 3.63) is 70.2 Å². The number of carbonyl (C=O) groups excluding carboxylic acids is 1. The molecule has 0 saturated heterocycles. The second-order valence-electron chi connectivity index (χ2n) is 5.90. The maximum Gasteiger partial charge on any atom is 0.261 e. The van der Waals surface area contributed by atoms with E-state index in [2.05, 4.69) is 15.0 Å². The summed E-state index contributed by atoms with van der Waals surface area (Å²) in [6.45, 7) is -0.155. The normalized spacial score (nSPS) is 11.5. The van der Waals surface area contributed by atoms with Gasteiger partial charge in [0.1, 0.15) is 6.54 Å². The first kappa shape index (κ1) is 20.0. The number of para-hydroxylation sites is 1. The number of sulfonamides is 1. The molecule has 2 N–H and O–H groups in total. The van der Waals surface area contributed by atoms with Crippen molar-refractivity contribution in [1.29, 1.82) is 0 Å². The van der Waals surface area contributed by atoms with Crippen LogP contribution >= 0.6 is 11.6 Å². The molecule has 0 radical (unpaired) electrons. The highest BCUT2D eigenvalue weighted by Gasteiger charge is 2.14. The van der Waals surface area contributed by atoms with E-state index in [0.29, 0.717) is 15.9 Å². The Balaban J connectivity index is 1.54. The number of rotatable bonds is 7. The molecular formula is C18H17ClN4O4S. The van der Waals surface area contributed by atoms with Crippen LogP contribution in [0, 0.1) is 0 Å². The summed E-state index contributed by atoms with van der Waals surface area (Å²) < 4.78 is 27.9. The first-order valence-electron chi connectivity index (χ1n) is 8.33. The summed E-state index contributed by atoms with van der Waals surface area (Å²) >= 11 is 5.80. The smallest absolute Gasteiger partial charge is 0.261 e. The van der Waals surface area contributed by atoms with E-state index in [1.54, 1.807) is 30.3 Å². The molecule has 1 amide bonds. The third-order valence-corrected chi connectivity index (χ3v) is 5.58. The van der Waals surface area contributed by atoms with Crippen LogP contribution in [-0.2, 0) is 21.4 Å². The first-order valence-corrected chi connectivity index (χ1v) is 10.2. The molecule has 1 aromatic heterocycles. The lowest BCUT2D eigenvalue weighted by Gasteiger charge is -2.09. The Bertz CT molecular complexity index is 1180. The van der Waals surface area contributed by atoms with Gasteiger partial charge in [0.15, 0.2) is 0 Å². The summed E-state index contributed by atoms with van der Waals surface area (Å²) in [4.78, 5) is 28.6. The molecule has 0 aliphatic carbocycles. The summed E-state index contributed by atoms with van der Waals surface area (Å²) in [5, 5.41) is 3.30. The molecule has 3 rings (SSSR count). The van der Waals surface area contributed by atoms with Crippen LogP contribution in [0.15, 0.2) is 64.5 Å². The minimum atomic E-state index is -3.72. The molecule has 8 nitrogen and oxygen atoms in total. The third kappa shape index (κ3) is 4.75. The fourth-order valence-electron chi connectivity index (χ4n) is 2.53. The van der Waals surface area contributed by atoms with Gasteiger partial charge in [0.25, 0.3) is 5.56 Å². The van der Waals surface area contributed by atoms with Gasteiger partial charge in [-0.3, -0.25) is 14.2 Å². The molecule has 0 spiro atoms. The number of halogens is 1. The lowest BCUT2D eigenvalue weighted by Crippen LogP contribution is -2.37. The first-order chi connectivity index (χ1) is 13.4. The van der Waals surface area contributed by atoms with Gasteiger partial charge in [-0.2, -0.15) is 0 Å². The zero-order chi connectivity index (χ0) is 20.1. The molecule has 1 heterocycles. The monoisotopic (exact) mass is 420 g/mol. The van der Waals surface area contributed by atoms with E-state index in [-0.39, 0.29) is 30.1 Å². The second kappa shape index (κ2) is 8.51. The number of fused-ring (bicyclic) bond motifs is 1. The molecule has 0 atom stereocenters. The van der Waals surface area contributed by atoms with Crippen LogP contribution in [-0.4, -0.2) is 37.0 Å². The molecule has 0 aliphatic rings. The van der Waals surface area contributed by atoms with E-state index >= 15 is 0 Å². The van der Waals surface area contributed by atoms with Crippen LogP contribution in [0.25, 0.3) is 10.9 Å². The van der Waals surface area contributed by atoms with Crippen LogP contribution in [0.3, 0.4) is 0 Å². The van der Waals surface area contributed by atoms with Gasteiger partial charge in [-0.25, -0.2) is 18.1 Å². The highest BCUT2D eigenvalue weighted by molar-refractivity contribution is 7.89. The topological polar surface area (TPSA) is 110 Å². The summed E-state index contributed by atoms with van der Waals surface area (Å²) in [5.41, 5.74) is 0.238. The predicted octanol–water partition coefficient (Wildman–Crippen LogP) is 1.14. The average Bonchev–Trinajstić information content (AvgIpc) is 2.68. The maximum absolute atomic E-state index is 12.4. The summed E-state index contributed by atoms with van der Waals surface area (Å²) in [7, 11) is -3.72. The fraction of sp³-hybridized carbons (Fsp3) is 0.167. The van der Waals surface area contributed by atoms with Gasteiger partial charge in [0.05, 0.1) is 22.1 Å². The average molecular weight is 421 g/mol. The quantitative estimate of drug-likeness (QED) is 0.557. The Labute approximate surface area is 166 Å². The lowest BCUT2D eigenvalue weighted by molar-refractivity contribution is -0.121. The fourth-order valence-corrected chi connectivity index (χ4v) is 3.87. The molecule has 3 aromatic rings. The number of hydrogen-bond acceptors (Lipinski definition) is 5. The lowest BCUT2D eigenvalue weighted by atomic mass is 10.2. The van der Waals surface area contributed by atoms with Crippen LogP contribution in [0.2, 0.25) is 5.02 Å². The van der Waals surface area contributed by atoms with E-state index in [1.165, 1.54) is 29.1 Å². The van der Waals surface area contributed by atoms with Crippen LogP contribution < -0.4 is 15.6 Å². The van der Waals surface area contributed by atoms with Gasteiger partial charge in [0, 0.05) is 18.1 Å². The van der Waals surface area contributed by atoms with Gasteiger partial charge in [-0.15, -0.1) is 0 Å². The Hall–Kier alpha value is -2.75. The zero-order valence-electron chi connectivity index (χ0n) is 14.6. The molecule has 146 valence electrons. The van der Waals surface area contributed by atoms with Crippen LogP contribution in [0.1, 0.15) is 0 Å². The second-order valence-corrected chi connectivity index (χ2v) is 8.10. The van der Waals surface area contributed by atoms with E-state index < -0.39 is 15.9 Å². The van der Waals surface area contributed by atoms with Gasteiger partial charge < -0.3 is 5.32 Å². The Morgan fingerprint density at radius 1 is 1.11 bits per heavy atom. The van der Waals surface area contributed by atoms with E-state index in [1.807, 2.05) is 0 Å². The highest BCUT2D eigenvalue weighted by Crippen LogP contribution is 2.14. The molecule has 0 saturated carbocycles. The minimum absolute atomic E-state index is 0.00848. The summed E-state index contributed by atoms with van der Waals surface area (Å²) in [5.74, 6) is -0.430. The number of hydrogen-bond donors (Lipinski definition) is 2. The van der Waals surface area contributed by atoms with Gasteiger partial charge in [0.2, 0.25) is 15.9 Å². The molecule has 0 fully saturated rings. The summed E-state index contributed by atoms with van der Waals surface area (Å²) in [6.07, 6.45) is 1.31. The number of nitrogens with one attached hydrogen (secondary N) is 2. The highest BCUT2D eigenvalue weighted by atomic mass is 35.5. The van der Waals surface area contributed by atoms with Crippen LogP contribution in [0.4, 0.5) is 0 Å². The molecule has 0 unspecified atom stereocenters. The standard InChI is InChI=1S/C18H17ClN4O4S/c19-13-4-3-5-14(10-13)28(26,27)22-9-8-20-17(24)11-23-12-21-16-7-2-1-6-15(16)18(23)25/h1-7,10,12,22H,8-9,11H2,(H,20,24). The molecule has 2 aromatic carbocycles. The predicted molar refractivity (Wildman–Crippen MR) is 106 cm³/mol. The van der Waals surface area contributed by atoms with Crippen molar-refractivity contribution in [1.82, 2.24) is 19.6 Å². The van der Waals surface area contributed by atoms with Gasteiger partial charge in [-0.1, -0.05) is 29.8 Å². The van der Waals surface area contributed by atoms with E-state index in [0.717, 1.165) is 0 Å². The zero-order valence-corrected chi connectivity index (χ0v) is 16.2. The van der Waals surface area contributed by atoms with Crippen molar-refractivity contribution in [2.75, 3.05) is 13.1 Å². The number of benzene rings is 2. The van der Waals surface area contributed by atoms with Crippen molar-refractivity contribution < 1.29 is 13.2 Å². The largest absolute Gasteiger partial charge is 0.353 e. The maximum atomic E-state index is 12.4. The third-order valence-electron chi connectivity index (χ3n) is 3.89. The van der Waals surface area contributed by atoms with Crippen molar-refractivity contribution in [2.45, 2.75) is 11.4 Å². The molecule has 10 heteroatoms. The van der Waals surface area contributed by atoms with Gasteiger partial charge >= 0.3 is 0 Å². The summed E-state index contributed by atoms with van der Waals surface area (Å²) in [6, 6.07) is 12.7. The Kier molecular flexibility index (Phi) is 6.08. The molecule has 28 heavy (non-hydrogen) atoms. The Morgan fingerprint density at radius 3 is 2.68 bits per heavy atom. The molecular weight excluding hydrogens is 404 g/mol. The van der Waals surface area contributed by atoms with E-state index in [4.69, 9.17) is 11.6 Å². The Morgan fingerprint density at radius 2 is 1.89 bits per heavy atom. The number of carbonyl (C=O) groups is 1. The minimum Gasteiger partial charge on any atom is -0.353 e. The number of nitrogens with zero attached hydrogens (tertiary/aromatic N) is 2. The molecule has 0 bridgehead atoms. The van der Waals surface area contributed by atoms with Crippen molar-refractivity contribution in [3.63, 3.8) is 0 Å². The molecule has 0 aliphatic heterocycles. The van der Waals surface area contributed by atoms with Crippen molar-refractivity contribution in [3.8, 4) is 0 Å². The number of amides is 1. The number of aromatic nitrogens is 2. The SMILES string of the molecule is O=C(Cn1cnc2ccccc2c1=O)NCCNS(=O)(=O)c1cccc(Cl)c1. The van der Waals surface area contributed by atoms with Crippen molar-refractivity contribution in [2.24, 2.45) is 0 Å². The van der Waals surface area contributed by atoms with Crippen molar-refractivity contribution >= 4 is 38.4 Å². The van der Waals surface area contributed by atoms with E-state index in [9.17, 15) is 18.0 Å².